The van der Waals surface area contributed by atoms with Gasteiger partial charge in [0.2, 0.25) is 0 Å². The first kappa shape index (κ1) is 8.68. The topological polar surface area (TPSA) is 38.4 Å². The van der Waals surface area contributed by atoms with Gasteiger partial charge in [-0.05, 0) is 35.6 Å². The molecule has 0 aromatic heterocycles. The van der Waals surface area contributed by atoms with E-state index in [1.54, 1.807) is 12.3 Å². The van der Waals surface area contributed by atoms with Crippen LogP contribution in [-0.4, -0.2) is 6.21 Å². The van der Waals surface area contributed by atoms with Crippen molar-refractivity contribution >= 4 is 28.8 Å². The molecular formula is C6H9IN2. The number of nitrogens with zero attached hydrogens (tertiary/aromatic N) is 1. The highest BCUT2D eigenvalue weighted by molar-refractivity contribution is 14.1. The SMILES string of the molecule is C=C(I)C=N/C(N)=C\C. The van der Waals surface area contributed by atoms with Gasteiger partial charge in [-0.3, -0.25) is 0 Å². The molecule has 0 aromatic carbocycles. The molecule has 0 radical (unpaired) electrons. The highest BCUT2D eigenvalue weighted by Crippen LogP contribution is 1.97. The van der Waals surface area contributed by atoms with Crippen molar-refractivity contribution in [1.82, 2.24) is 0 Å². The summed E-state index contributed by atoms with van der Waals surface area (Å²) in [6, 6.07) is 0. The van der Waals surface area contributed by atoms with E-state index in [1.807, 2.05) is 6.92 Å². The van der Waals surface area contributed by atoms with Crippen LogP contribution in [0.15, 0.2) is 27.0 Å². The summed E-state index contributed by atoms with van der Waals surface area (Å²) in [5.41, 5.74) is 5.34. The van der Waals surface area contributed by atoms with Crippen molar-refractivity contribution in [3.63, 3.8) is 0 Å². The maximum atomic E-state index is 5.34. The van der Waals surface area contributed by atoms with Crippen LogP contribution in [0.25, 0.3) is 0 Å². The van der Waals surface area contributed by atoms with Gasteiger partial charge in [0, 0.05) is 9.79 Å². The standard InChI is InChI=1S/C6H9IN2/c1-3-6(8)9-4-5(2)7/h3-4H,2,8H2,1H3/b6-3-,9-4?. The van der Waals surface area contributed by atoms with Gasteiger partial charge in [-0.2, -0.15) is 0 Å². The zero-order chi connectivity index (χ0) is 7.28. The number of allylic oxidation sites excluding steroid dienone is 2. The summed E-state index contributed by atoms with van der Waals surface area (Å²) < 4.78 is 0.873. The van der Waals surface area contributed by atoms with E-state index >= 15 is 0 Å². The molecule has 0 heterocycles. The van der Waals surface area contributed by atoms with Crippen LogP contribution in [0.4, 0.5) is 0 Å². The first-order chi connectivity index (χ1) is 4.16. The van der Waals surface area contributed by atoms with Gasteiger partial charge in [-0.15, -0.1) is 0 Å². The Morgan fingerprint density at radius 2 is 2.33 bits per heavy atom. The largest absolute Gasteiger partial charge is 0.384 e. The number of hydrogen-bond acceptors (Lipinski definition) is 2. The second-order valence-electron chi connectivity index (χ2n) is 1.42. The van der Waals surface area contributed by atoms with E-state index in [4.69, 9.17) is 5.73 Å². The van der Waals surface area contributed by atoms with E-state index in [0.717, 1.165) is 3.58 Å². The molecule has 0 aliphatic heterocycles. The Morgan fingerprint density at radius 3 is 2.67 bits per heavy atom. The van der Waals surface area contributed by atoms with Crippen LogP contribution in [0.2, 0.25) is 0 Å². The molecule has 0 atom stereocenters. The summed E-state index contributed by atoms with van der Waals surface area (Å²) in [5.74, 6) is 0.521. The van der Waals surface area contributed by atoms with Crippen molar-refractivity contribution in [3.8, 4) is 0 Å². The van der Waals surface area contributed by atoms with Crippen LogP contribution in [0.3, 0.4) is 0 Å². The van der Waals surface area contributed by atoms with Crippen LogP contribution in [-0.2, 0) is 0 Å². The summed E-state index contributed by atoms with van der Waals surface area (Å²) in [6.45, 7) is 5.45. The van der Waals surface area contributed by atoms with Crippen molar-refractivity contribution in [2.75, 3.05) is 0 Å². The van der Waals surface area contributed by atoms with E-state index in [0.29, 0.717) is 5.82 Å². The Labute approximate surface area is 68.7 Å². The highest BCUT2D eigenvalue weighted by Gasteiger charge is 1.78. The minimum absolute atomic E-state index is 0.521. The Kier molecular flexibility index (Phi) is 4.39. The summed E-state index contributed by atoms with van der Waals surface area (Å²) in [4.78, 5) is 3.85. The molecule has 0 bridgehead atoms. The predicted molar refractivity (Wildman–Crippen MR) is 49.6 cm³/mol. The average molecular weight is 236 g/mol. The fourth-order valence-corrected chi connectivity index (χ4v) is 0.358. The summed E-state index contributed by atoms with van der Waals surface area (Å²) >= 11 is 2.07. The van der Waals surface area contributed by atoms with Gasteiger partial charge in [0.05, 0.1) is 0 Å². The van der Waals surface area contributed by atoms with Gasteiger partial charge in [-0.1, -0.05) is 6.58 Å². The Bertz CT molecular complexity index is 158. The molecule has 9 heavy (non-hydrogen) atoms. The summed E-state index contributed by atoms with van der Waals surface area (Å²) in [7, 11) is 0. The van der Waals surface area contributed by atoms with E-state index in [1.165, 1.54) is 0 Å². The van der Waals surface area contributed by atoms with E-state index in [-0.39, 0.29) is 0 Å². The highest BCUT2D eigenvalue weighted by atomic mass is 127. The molecule has 2 nitrogen and oxygen atoms in total. The molecule has 0 aliphatic carbocycles. The van der Waals surface area contributed by atoms with Crippen molar-refractivity contribution in [3.05, 3.63) is 22.1 Å². The van der Waals surface area contributed by atoms with Crippen LogP contribution in [0.1, 0.15) is 6.92 Å². The molecule has 0 saturated carbocycles. The fraction of sp³-hybridized carbons (Fsp3) is 0.167. The number of rotatable bonds is 2. The minimum atomic E-state index is 0.521. The van der Waals surface area contributed by atoms with E-state index in [9.17, 15) is 0 Å². The second kappa shape index (κ2) is 4.55. The lowest BCUT2D eigenvalue weighted by Crippen LogP contribution is -1.91. The lowest BCUT2D eigenvalue weighted by atomic mass is 10.6. The van der Waals surface area contributed by atoms with Gasteiger partial charge >= 0.3 is 0 Å². The monoisotopic (exact) mass is 236 g/mol. The van der Waals surface area contributed by atoms with Gasteiger partial charge in [0.25, 0.3) is 0 Å². The summed E-state index contributed by atoms with van der Waals surface area (Å²) in [5, 5.41) is 0. The fourth-order valence-electron chi connectivity index (χ4n) is 0.219. The molecule has 0 spiro atoms. The molecule has 2 N–H and O–H groups in total. The van der Waals surface area contributed by atoms with Gasteiger partial charge in [0.1, 0.15) is 5.82 Å². The van der Waals surface area contributed by atoms with Crippen LogP contribution in [0.5, 0.6) is 0 Å². The Hall–Kier alpha value is -0.320. The molecule has 3 heteroatoms. The third-order valence-electron chi connectivity index (χ3n) is 0.649. The maximum absolute atomic E-state index is 5.34. The van der Waals surface area contributed by atoms with Crippen LogP contribution < -0.4 is 5.73 Å². The third kappa shape index (κ3) is 5.55. The van der Waals surface area contributed by atoms with Crippen molar-refractivity contribution < 1.29 is 0 Å². The smallest absolute Gasteiger partial charge is 0.118 e. The lowest BCUT2D eigenvalue weighted by Gasteiger charge is -1.86. The number of halogens is 1. The molecule has 0 rings (SSSR count). The lowest BCUT2D eigenvalue weighted by molar-refractivity contribution is 1.24. The molecule has 0 amide bonds. The molecule has 0 aliphatic rings. The van der Waals surface area contributed by atoms with Crippen LogP contribution in [0, 0.1) is 0 Å². The van der Waals surface area contributed by atoms with E-state index in [2.05, 4.69) is 34.2 Å². The van der Waals surface area contributed by atoms with Gasteiger partial charge in [0.15, 0.2) is 0 Å². The quantitative estimate of drug-likeness (QED) is 0.576. The first-order valence-corrected chi connectivity index (χ1v) is 3.55. The molecule has 0 unspecified atom stereocenters. The Balaban J connectivity index is 3.86. The second-order valence-corrected chi connectivity index (χ2v) is 2.80. The minimum Gasteiger partial charge on any atom is -0.384 e. The third-order valence-corrected chi connectivity index (χ3v) is 0.928. The zero-order valence-electron chi connectivity index (χ0n) is 5.26. The molecule has 50 valence electrons. The van der Waals surface area contributed by atoms with Gasteiger partial charge < -0.3 is 5.73 Å². The maximum Gasteiger partial charge on any atom is 0.118 e. The predicted octanol–water partition coefficient (Wildman–Crippen LogP) is 1.83. The van der Waals surface area contributed by atoms with Crippen LogP contribution >= 0.6 is 22.6 Å². The van der Waals surface area contributed by atoms with Crippen molar-refractivity contribution in [1.29, 1.82) is 0 Å². The first-order valence-electron chi connectivity index (χ1n) is 2.47. The number of nitrogens with two attached hydrogens (primary N) is 1. The average Bonchev–Trinajstić information content (AvgIpc) is 1.83. The zero-order valence-corrected chi connectivity index (χ0v) is 7.42. The van der Waals surface area contributed by atoms with Crippen molar-refractivity contribution in [2.45, 2.75) is 6.92 Å². The number of hydrogen-bond donors (Lipinski definition) is 1. The molecule has 0 aromatic rings. The Morgan fingerprint density at radius 1 is 1.78 bits per heavy atom. The molecule has 0 saturated heterocycles. The normalized spacial score (nSPS) is 12.4. The number of aliphatic imine (C=N–C) groups is 1. The van der Waals surface area contributed by atoms with E-state index < -0.39 is 0 Å². The van der Waals surface area contributed by atoms with Gasteiger partial charge in [-0.25, -0.2) is 4.99 Å². The van der Waals surface area contributed by atoms with Crippen molar-refractivity contribution in [2.24, 2.45) is 10.7 Å². The molecular weight excluding hydrogens is 227 g/mol. The summed E-state index contributed by atoms with van der Waals surface area (Å²) in [6.07, 6.45) is 3.35. The molecule has 0 fully saturated rings.